The maximum Gasteiger partial charge on any atom is 0.0426 e. The molecule has 1 N–H and O–H groups in total. The average molecular weight is 292 g/mol. The molecule has 1 aliphatic rings. The van der Waals surface area contributed by atoms with Gasteiger partial charge in [-0.3, -0.25) is 0 Å². The molecule has 0 radical (unpaired) electrons. The van der Waals surface area contributed by atoms with Gasteiger partial charge in [0.2, 0.25) is 0 Å². The van der Waals surface area contributed by atoms with E-state index < -0.39 is 0 Å². The molecule has 0 fully saturated rings. The second kappa shape index (κ2) is 5.16. The highest BCUT2D eigenvalue weighted by Crippen LogP contribution is 2.38. The molecule has 3 heteroatoms. The van der Waals surface area contributed by atoms with E-state index in [1.807, 2.05) is 19.2 Å². The van der Waals surface area contributed by atoms with Gasteiger partial charge < -0.3 is 5.32 Å². The highest BCUT2D eigenvalue weighted by atomic mass is 35.5. The molecule has 0 amide bonds. The molecule has 2 aromatic carbocycles. The largest absolute Gasteiger partial charge is 0.313 e. The van der Waals surface area contributed by atoms with Gasteiger partial charge in [-0.2, -0.15) is 0 Å². The zero-order chi connectivity index (χ0) is 13.4. The lowest BCUT2D eigenvalue weighted by Gasteiger charge is -2.12. The number of rotatable bonds is 2. The molecule has 1 atom stereocenters. The lowest BCUT2D eigenvalue weighted by Crippen LogP contribution is -2.12. The zero-order valence-corrected chi connectivity index (χ0v) is 12.2. The normalized spacial score (nSPS) is 17.5. The third-order valence-electron chi connectivity index (χ3n) is 3.79. The summed E-state index contributed by atoms with van der Waals surface area (Å²) in [5, 5.41) is 4.74. The summed E-state index contributed by atoms with van der Waals surface area (Å²) in [6.45, 7) is 0. The van der Waals surface area contributed by atoms with E-state index in [1.54, 1.807) is 6.07 Å². The molecule has 1 unspecified atom stereocenters. The molecule has 0 heterocycles. The molecule has 98 valence electrons. The molecule has 0 spiro atoms. The fraction of sp³-hybridized carbons (Fsp3) is 0.250. The lowest BCUT2D eigenvalue weighted by atomic mass is 9.96. The summed E-state index contributed by atoms with van der Waals surface area (Å²) in [7, 11) is 2.02. The van der Waals surface area contributed by atoms with Gasteiger partial charge in [0.05, 0.1) is 0 Å². The van der Waals surface area contributed by atoms with Crippen LogP contribution in [0.2, 0.25) is 10.0 Å². The Balaban J connectivity index is 2.14. The van der Waals surface area contributed by atoms with Crippen molar-refractivity contribution in [1.29, 1.82) is 0 Å². The zero-order valence-electron chi connectivity index (χ0n) is 10.7. The Kier molecular flexibility index (Phi) is 3.53. The maximum atomic E-state index is 6.11. The van der Waals surface area contributed by atoms with E-state index in [-0.39, 0.29) is 0 Å². The van der Waals surface area contributed by atoms with Crippen LogP contribution in [0.15, 0.2) is 36.4 Å². The van der Waals surface area contributed by atoms with Crippen LogP contribution in [0.4, 0.5) is 0 Å². The monoisotopic (exact) mass is 291 g/mol. The second-order valence-corrected chi connectivity index (χ2v) is 5.78. The van der Waals surface area contributed by atoms with Gasteiger partial charge in [-0.15, -0.1) is 0 Å². The first kappa shape index (κ1) is 13.0. The molecule has 0 bridgehead atoms. The number of benzene rings is 2. The average Bonchev–Trinajstić information content (AvgIpc) is 2.80. The van der Waals surface area contributed by atoms with E-state index in [0.717, 1.165) is 18.4 Å². The highest BCUT2D eigenvalue weighted by Gasteiger charge is 2.23. The van der Waals surface area contributed by atoms with Gasteiger partial charge in [-0.1, -0.05) is 41.4 Å². The molecule has 0 aromatic heterocycles. The van der Waals surface area contributed by atoms with E-state index in [1.165, 1.54) is 16.7 Å². The Morgan fingerprint density at radius 2 is 1.84 bits per heavy atom. The second-order valence-electron chi connectivity index (χ2n) is 4.91. The van der Waals surface area contributed by atoms with Crippen molar-refractivity contribution in [2.24, 2.45) is 0 Å². The van der Waals surface area contributed by atoms with Gasteiger partial charge in [0, 0.05) is 16.1 Å². The molecule has 0 saturated carbocycles. The molecular weight excluding hydrogens is 277 g/mol. The van der Waals surface area contributed by atoms with Crippen LogP contribution in [0.25, 0.3) is 11.1 Å². The Bertz CT molecular complexity index is 602. The molecule has 2 aromatic rings. The minimum Gasteiger partial charge on any atom is -0.313 e. The molecule has 19 heavy (non-hydrogen) atoms. The van der Waals surface area contributed by atoms with Crippen molar-refractivity contribution in [3.8, 4) is 11.1 Å². The standard InChI is InChI=1S/C16H15Cl2N/c1-19-16-6-5-14-13(3-2-4-15(14)16)10-7-11(17)9-12(18)8-10/h2-4,7-9,16,19H,5-6H2,1H3. The summed E-state index contributed by atoms with van der Waals surface area (Å²) in [6.07, 6.45) is 2.25. The van der Waals surface area contributed by atoms with Gasteiger partial charge in [0.15, 0.2) is 0 Å². The lowest BCUT2D eigenvalue weighted by molar-refractivity contribution is 0.590. The predicted octanol–water partition coefficient (Wildman–Crippen LogP) is 4.87. The first-order valence-corrected chi connectivity index (χ1v) is 7.20. The highest BCUT2D eigenvalue weighted by molar-refractivity contribution is 6.35. The van der Waals surface area contributed by atoms with Crippen molar-refractivity contribution >= 4 is 23.2 Å². The molecule has 1 aliphatic carbocycles. The summed E-state index contributed by atoms with van der Waals surface area (Å²) in [5.41, 5.74) is 5.17. The van der Waals surface area contributed by atoms with Crippen LogP contribution in [-0.2, 0) is 6.42 Å². The Morgan fingerprint density at radius 3 is 2.53 bits per heavy atom. The smallest absolute Gasteiger partial charge is 0.0426 e. The van der Waals surface area contributed by atoms with Gasteiger partial charge in [0.1, 0.15) is 0 Å². The van der Waals surface area contributed by atoms with Crippen molar-refractivity contribution in [1.82, 2.24) is 5.32 Å². The van der Waals surface area contributed by atoms with Crippen molar-refractivity contribution in [2.75, 3.05) is 7.05 Å². The number of fused-ring (bicyclic) bond motifs is 1. The Labute approximate surface area is 123 Å². The fourth-order valence-electron chi connectivity index (χ4n) is 2.93. The summed E-state index contributed by atoms with van der Waals surface area (Å²) in [6, 6.07) is 12.7. The van der Waals surface area contributed by atoms with Gasteiger partial charge in [0.25, 0.3) is 0 Å². The van der Waals surface area contributed by atoms with Crippen LogP contribution < -0.4 is 5.32 Å². The van der Waals surface area contributed by atoms with Gasteiger partial charge in [-0.25, -0.2) is 0 Å². The van der Waals surface area contributed by atoms with Crippen LogP contribution in [-0.4, -0.2) is 7.05 Å². The van der Waals surface area contributed by atoms with Crippen LogP contribution in [0.1, 0.15) is 23.6 Å². The fourth-order valence-corrected chi connectivity index (χ4v) is 3.46. The van der Waals surface area contributed by atoms with Crippen LogP contribution in [0.5, 0.6) is 0 Å². The SMILES string of the molecule is CNC1CCc2c(-c3cc(Cl)cc(Cl)c3)cccc21. The van der Waals surface area contributed by atoms with Crippen molar-refractivity contribution in [2.45, 2.75) is 18.9 Å². The van der Waals surface area contributed by atoms with E-state index in [9.17, 15) is 0 Å². The van der Waals surface area contributed by atoms with Crippen molar-refractivity contribution in [3.05, 3.63) is 57.6 Å². The molecule has 0 aliphatic heterocycles. The van der Waals surface area contributed by atoms with Gasteiger partial charge >= 0.3 is 0 Å². The summed E-state index contributed by atoms with van der Waals surface area (Å²) < 4.78 is 0. The van der Waals surface area contributed by atoms with Crippen molar-refractivity contribution < 1.29 is 0 Å². The first-order chi connectivity index (χ1) is 9.19. The number of nitrogens with one attached hydrogen (secondary N) is 1. The third kappa shape index (κ3) is 2.38. The first-order valence-electron chi connectivity index (χ1n) is 6.44. The van der Waals surface area contributed by atoms with E-state index >= 15 is 0 Å². The molecular formula is C16H15Cl2N. The maximum absolute atomic E-state index is 6.11. The number of hydrogen-bond donors (Lipinski definition) is 1. The summed E-state index contributed by atoms with van der Waals surface area (Å²) in [5.74, 6) is 0. The van der Waals surface area contributed by atoms with E-state index in [4.69, 9.17) is 23.2 Å². The Morgan fingerprint density at radius 1 is 1.11 bits per heavy atom. The number of halogens is 2. The predicted molar refractivity (Wildman–Crippen MR) is 82.0 cm³/mol. The van der Waals surface area contributed by atoms with Crippen LogP contribution in [0, 0.1) is 0 Å². The van der Waals surface area contributed by atoms with Crippen LogP contribution >= 0.6 is 23.2 Å². The summed E-state index contributed by atoms with van der Waals surface area (Å²) in [4.78, 5) is 0. The van der Waals surface area contributed by atoms with E-state index in [2.05, 4.69) is 23.5 Å². The minimum absolute atomic E-state index is 0.463. The van der Waals surface area contributed by atoms with Crippen molar-refractivity contribution in [3.63, 3.8) is 0 Å². The molecule has 3 rings (SSSR count). The minimum atomic E-state index is 0.463. The third-order valence-corrected chi connectivity index (χ3v) is 4.23. The quantitative estimate of drug-likeness (QED) is 0.833. The molecule has 0 saturated heterocycles. The van der Waals surface area contributed by atoms with E-state index in [0.29, 0.717) is 16.1 Å². The topological polar surface area (TPSA) is 12.0 Å². The molecule has 1 nitrogen and oxygen atoms in total. The van der Waals surface area contributed by atoms with Gasteiger partial charge in [-0.05, 0) is 60.3 Å². The number of hydrogen-bond acceptors (Lipinski definition) is 1. The Hall–Kier alpha value is -1.02. The summed E-state index contributed by atoms with van der Waals surface area (Å²) >= 11 is 12.2. The van der Waals surface area contributed by atoms with Crippen LogP contribution in [0.3, 0.4) is 0 Å².